The fourth-order valence-electron chi connectivity index (χ4n) is 5.10. The molecule has 1 aromatic heterocycles. The molecule has 0 unspecified atom stereocenters. The molecule has 3 fully saturated rings. The lowest BCUT2D eigenvalue weighted by Gasteiger charge is -2.55. The molecule has 0 radical (unpaired) electrons. The molecule has 1 aromatic carbocycles. The van der Waals surface area contributed by atoms with Gasteiger partial charge < -0.3 is 15.4 Å². The van der Waals surface area contributed by atoms with Crippen LogP contribution in [0.5, 0.6) is 5.75 Å². The second-order valence-electron chi connectivity index (χ2n) is 8.10. The highest BCUT2D eigenvalue weighted by atomic mass is 16.5. The maximum Gasteiger partial charge on any atom is 0.258 e. The lowest BCUT2D eigenvalue weighted by molar-refractivity contribution is -0.146. The van der Waals surface area contributed by atoms with Crippen molar-refractivity contribution in [2.24, 2.45) is 17.8 Å². The Morgan fingerprint density at radius 1 is 1.25 bits per heavy atom. The number of carbonyl (C=O) groups excluding carboxylic acids is 2. The average Bonchev–Trinajstić information content (AvgIpc) is 2.73. The van der Waals surface area contributed by atoms with E-state index in [2.05, 4.69) is 15.6 Å². The van der Waals surface area contributed by atoms with Gasteiger partial charge in [-0.15, -0.1) is 0 Å². The van der Waals surface area contributed by atoms with E-state index in [0.29, 0.717) is 24.3 Å². The molecule has 6 nitrogen and oxygen atoms in total. The monoisotopic (exact) mass is 377 g/mol. The number of aromatic nitrogens is 1. The quantitative estimate of drug-likeness (QED) is 0.862. The molecule has 2 bridgehead atoms. The van der Waals surface area contributed by atoms with Gasteiger partial charge in [-0.3, -0.25) is 14.6 Å². The predicted octanol–water partition coefficient (Wildman–Crippen LogP) is 2.65. The van der Waals surface area contributed by atoms with Crippen LogP contribution >= 0.6 is 0 Å². The van der Waals surface area contributed by atoms with E-state index in [1.165, 1.54) is 0 Å². The van der Waals surface area contributed by atoms with Crippen LogP contribution < -0.4 is 15.4 Å². The maximum absolute atomic E-state index is 12.8. The maximum atomic E-state index is 12.8. The van der Waals surface area contributed by atoms with Crippen molar-refractivity contribution in [3.8, 4) is 5.75 Å². The summed E-state index contributed by atoms with van der Waals surface area (Å²) in [7, 11) is 0. The number of amides is 2. The first-order valence-electron chi connectivity index (χ1n) is 9.92. The summed E-state index contributed by atoms with van der Waals surface area (Å²) >= 11 is 0. The predicted molar refractivity (Wildman–Crippen MR) is 102 cm³/mol. The van der Waals surface area contributed by atoms with Crippen molar-refractivity contribution in [3.63, 3.8) is 0 Å². The fraction of sp³-hybridized carbons (Fsp3) is 0.409. The Bertz CT molecular complexity index is 916. The second kappa shape index (κ2) is 6.62. The third-order valence-corrected chi connectivity index (χ3v) is 6.49. The van der Waals surface area contributed by atoms with E-state index in [-0.39, 0.29) is 29.6 Å². The molecule has 6 rings (SSSR count). The Kier molecular flexibility index (Phi) is 4.07. The number of benzene rings is 1. The van der Waals surface area contributed by atoms with Gasteiger partial charge in [-0.1, -0.05) is 18.2 Å². The van der Waals surface area contributed by atoms with Gasteiger partial charge in [-0.25, -0.2) is 0 Å². The number of carbonyl (C=O) groups is 2. The summed E-state index contributed by atoms with van der Waals surface area (Å²) in [6.07, 6.45) is 6.89. The molecule has 2 heterocycles. The van der Waals surface area contributed by atoms with E-state index < -0.39 is 5.72 Å². The van der Waals surface area contributed by atoms with Crippen LogP contribution in [0.25, 0.3) is 0 Å². The molecule has 2 N–H and O–H groups in total. The highest BCUT2D eigenvalue weighted by Gasteiger charge is 2.57. The lowest BCUT2D eigenvalue weighted by atomic mass is 9.60. The molecule has 0 saturated heterocycles. The summed E-state index contributed by atoms with van der Waals surface area (Å²) in [5.74, 6) is 0.992. The summed E-state index contributed by atoms with van der Waals surface area (Å²) in [5, 5.41) is 6.20. The van der Waals surface area contributed by atoms with Gasteiger partial charge in [0.2, 0.25) is 5.91 Å². The Labute approximate surface area is 163 Å². The summed E-state index contributed by atoms with van der Waals surface area (Å²) in [5.41, 5.74) is 0.905. The molecule has 3 saturated carbocycles. The minimum atomic E-state index is -0.672. The molecule has 2 amide bonds. The SMILES string of the molecule is O=C1N[C@]2(C[C@@H]3CC[C@@H]2C[C@@H]3C(=O)NCc2cccnc2)Oc2ccccc21. The number of hydrogen-bond acceptors (Lipinski definition) is 4. The summed E-state index contributed by atoms with van der Waals surface area (Å²) in [6, 6.07) is 11.2. The molecular weight excluding hydrogens is 354 g/mol. The van der Waals surface area contributed by atoms with Crippen LogP contribution in [0, 0.1) is 17.8 Å². The van der Waals surface area contributed by atoms with Crippen LogP contribution in [0.1, 0.15) is 41.6 Å². The molecular formula is C22H23N3O3. The standard InChI is InChI=1S/C22H23N3O3/c26-20(24-13-14-4-3-9-23-12-14)18-10-16-8-7-15(18)11-22(16)25-21(27)17-5-1-2-6-19(17)28-22/h1-6,9,12,15-16,18H,7-8,10-11,13H2,(H,24,26)(H,25,27)/t15-,16+,18-,22+/m0/s1. The Morgan fingerprint density at radius 2 is 2.14 bits per heavy atom. The molecule has 4 aliphatic rings. The lowest BCUT2D eigenvalue weighted by Crippen LogP contribution is -2.66. The van der Waals surface area contributed by atoms with E-state index in [4.69, 9.17) is 4.74 Å². The summed E-state index contributed by atoms with van der Waals surface area (Å²) < 4.78 is 6.35. The van der Waals surface area contributed by atoms with Gasteiger partial charge in [0.1, 0.15) is 5.75 Å². The van der Waals surface area contributed by atoms with Gasteiger partial charge in [-0.2, -0.15) is 0 Å². The molecule has 2 aromatic rings. The normalized spacial score (nSPS) is 30.3. The van der Waals surface area contributed by atoms with Crippen molar-refractivity contribution in [1.82, 2.24) is 15.6 Å². The number of pyridine rings is 1. The van der Waals surface area contributed by atoms with Crippen molar-refractivity contribution in [1.29, 1.82) is 0 Å². The van der Waals surface area contributed by atoms with Gasteiger partial charge >= 0.3 is 0 Å². The van der Waals surface area contributed by atoms with Crippen molar-refractivity contribution in [2.45, 2.75) is 38.0 Å². The number of ether oxygens (including phenoxy) is 1. The molecule has 1 aliphatic heterocycles. The van der Waals surface area contributed by atoms with Crippen LogP contribution in [-0.4, -0.2) is 22.5 Å². The second-order valence-corrected chi connectivity index (χ2v) is 8.10. The average molecular weight is 377 g/mol. The van der Waals surface area contributed by atoms with E-state index in [9.17, 15) is 9.59 Å². The number of nitrogens with zero attached hydrogens (tertiary/aromatic N) is 1. The third-order valence-electron chi connectivity index (χ3n) is 6.49. The summed E-state index contributed by atoms with van der Waals surface area (Å²) in [4.78, 5) is 29.6. The minimum Gasteiger partial charge on any atom is -0.467 e. The van der Waals surface area contributed by atoms with Gasteiger partial charge in [0.15, 0.2) is 5.72 Å². The van der Waals surface area contributed by atoms with Crippen LogP contribution in [0.4, 0.5) is 0 Å². The zero-order chi connectivity index (χ0) is 19.1. The molecule has 28 heavy (non-hydrogen) atoms. The van der Waals surface area contributed by atoms with Crippen molar-refractivity contribution >= 4 is 11.8 Å². The third kappa shape index (κ3) is 2.84. The Balaban J connectivity index is 1.30. The van der Waals surface area contributed by atoms with Gasteiger partial charge in [0.25, 0.3) is 5.91 Å². The van der Waals surface area contributed by atoms with Crippen molar-refractivity contribution < 1.29 is 14.3 Å². The number of nitrogens with one attached hydrogen (secondary N) is 2. The molecule has 6 heteroatoms. The van der Waals surface area contributed by atoms with Crippen LogP contribution in [0.2, 0.25) is 0 Å². The van der Waals surface area contributed by atoms with Crippen molar-refractivity contribution in [3.05, 3.63) is 59.9 Å². The van der Waals surface area contributed by atoms with Crippen LogP contribution in [-0.2, 0) is 11.3 Å². The number of rotatable bonds is 3. The number of para-hydroxylation sites is 1. The zero-order valence-corrected chi connectivity index (χ0v) is 15.6. The van der Waals surface area contributed by atoms with E-state index in [1.807, 2.05) is 30.3 Å². The topological polar surface area (TPSA) is 80.3 Å². The smallest absolute Gasteiger partial charge is 0.258 e. The van der Waals surface area contributed by atoms with E-state index >= 15 is 0 Å². The van der Waals surface area contributed by atoms with Gasteiger partial charge in [0.05, 0.1) is 5.56 Å². The number of fused-ring (bicyclic) bond motifs is 3. The Morgan fingerprint density at radius 3 is 2.93 bits per heavy atom. The number of hydrogen-bond donors (Lipinski definition) is 2. The van der Waals surface area contributed by atoms with E-state index in [1.54, 1.807) is 18.5 Å². The fourth-order valence-corrected chi connectivity index (χ4v) is 5.10. The first kappa shape index (κ1) is 17.2. The first-order chi connectivity index (χ1) is 13.6. The van der Waals surface area contributed by atoms with E-state index in [0.717, 1.165) is 24.8 Å². The molecule has 4 atom stereocenters. The van der Waals surface area contributed by atoms with Gasteiger partial charge in [0, 0.05) is 37.2 Å². The molecule has 1 spiro atoms. The first-order valence-corrected chi connectivity index (χ1v) is 9.92. The zero-order valence-electron chi connectivity index (χ0n) is 15.6. The Hall–Kier alpha value is -2.89. The highest BCUT2D eigenvalue weighted by molar-refractivity contribution is 5.98. The van der Waals surface area contributed by atoms with Crippen molar-refractivity contribution in [2.75, 3.05) is 0 Å². The largest absolute Gasteiger partial charge is 0.467 e. The molecule has 3 aliphatic carbocycles. The molecule has 144 valence electrons. The van der Waals surface area contributed by atoms with Crippen LogP contribution in [0.15, 0.2) is 48.8 Å². The van der Waals surface area contributed by atoms with Crippen LogP contribution in [0.3, 0.4) is 0 Å². The highest BCUT2D eigenvalue weighted by Crippen LogP contribution is 2.52. The minimum absolute atomic E-state index is 0.0290. The van der Waals surface area contributed by atoms with Gasteiger partial charge in [-0.05, 0) is 48.9 Å². The summed E-state index contributed by atoms with van der Waals surface area (Å²) in [6.45, 7) is 0.492.